The van der Waals surface area contributed by atoms with Crippen LogP contribution in [0, 0.1) is 0 Å². The van der Waals surface area contributed by atoms with Gasteiger partial charge in [-0.2, -0.15) is 24.9 Å². The molecule has 4 nitrogen and oxygen atoms in total. The zero-order valence-corrected chi connectivity index (χ0v) is 11.4. The van der Waals surface area contributed by atoms with Gasteiger partial charge in [0, 0.05) is 11.3 Å². The number of hydrogen-bond donors (Lipinski definition) is 3. The van der Waals surface area contributed by atoms with Crippen molar-refractivity contribution >= 4 is 17.7 Å². The minimum atomic E-state index is -4.41. The molecule has 108 valence electrons. The van der Waals surface area contributed by atoms with Gasteiger partial charge in [0.25, 0.3) is 0 Å². The van der Waals surface area contributed by atoms with E-state index in [9.17, 15) is 18.0 Å². The maximum absolute atomic E-state index is 11.9. The summed E-state index contributed by atoms with van der Waals surface area (Å²) in [6.45, 7) is 1.85. The highest BCUT2D eigenvalue weighted by molar-refractivity contribution is 7.99. The highest BCUT2D eigenvalue weighted by atomic mass is 32.2. The monoisotopic (exact) mass is 288 g/mol. The summed E-state index contributed by atoms with van der Waals surface area (Å²) in [5.41, 5.74) is 0. The van der Waals surface area contributed by atoms with E-state index in [1.54, 1.807) is 12.2 Å². The summed E-state index contributed by atoms with van der Waals surface area (Å²) >= 11 is 1.43. The zero-order chi connectivity index (χ0) is 14.3. The lowest BCUT2D eigenvalue weighted by atomic mass is 10.2. The molecule has 0 aromatic heterocycles. The lowest BCUT2D eigenvalue weighted by Gasteiger charge is -2.25. The van der Waals surface area contributed by atoms with Crippen molar-refractivity contribution in [2.45, 2.75) is 37.4 Å². The molecule has 0 radical (unpaired) electrons. The van der Waals surface area contributed by atoms with Gasteiger partial charge in [0.1, 0.15) is 6.54 Å². The van der Waals surface area contributed by atoms with E-state index in [1.807, 2.05) is 6.26 Å². The van der Waals surface area contributed by atoms with E-state index >= 15 is 0 Å². The molecule has 0 aliphatic rings. The Kier molecular flexibility index (Phi) is 7.65. The van der Waals surface area contributed by atoms with Gasteiger partial charge in [-0.25, -0.2) is 0 Å². The molecular formula is C10H19F3N2O2S. The average molecular weight is 288 g/mol. The summed E-state index contributed by atoms with van der Waals surface area (Å²) in [6.07, 6.45) is -2.60. The van der Waals surface area contributed by atoms with E-state index in [-0.39, 0.29) is 17.9 Å². The third kappa shape index (κ3) is 7.07. The van der Waals surface area contributed by atoms with E-state index < -0.39 is 24.7 Å². The second-order valence-corrected chi connectivity index (χ2v) is 5.04. The molecule has 3 atom stereocenters. The highest BCUT2D eigenvalue weighted by Gasteiger charge is 2.29. The third-order valence-corrected chi connectivity index (χ3v) is 3.57. The largest absolute Gasteiger partial charge is 0.405 e. The van der Waals surface area contributed by atoms with Gasteiger partial charge in [-0.05, 0) is 20.1 Å². The first-order valence-electron chi connectivity index (χ1n) is 5.45. The van der Waals surface area contributed by atoms with E-state index in [0.29, 0.717) is 0 Å². The number of halogens is 3. The van der Waals surface area contributed by atoms with E-state index in [4.69, 9.17) is 5.11 Å². The van der Waals surface area contributed by atoms with Gasteiger partial charge in [0.2, 0.25) is 5.91 Å². The summed E-state index contributed by atoms with van der Waals surface area (Å²) in [5.74, 6) is -0.711. The predicted molar refractivity (Wildman–Crippen MR) is 65.5 cm³/mol. The van der Waals surface area contributed by atoms with Gasteiger partial charge in [-0.1, -0.05) is 0 Å². The molecule has 0 fully saturated rings. The Bertz CT molecular complexity index is 260. The van der Waals surface area contributed by atoms with Gasteiger partial charge >= 0.3 is 6.18 Å². The molecule has 0 saturated carbocycles. The van der Waals surface area contributed by atoms with Crippen LogP contribution >= 0.6 is 11.8 Å². The number of alkyl halides is 3. The van der Waals surface area contributed by atoms with Gasteiger partial charge in [0.15, 0.2) is 0 Å². The van der Waals surface area contributed by atoms with Crippen LogP contribution < -0.4 is 10.6 Å². The highest BCUT2D eigenvalue weighted by Crippen LogP contribution is 2.13. The van der Waals surface area contributed by atoms with Gasteiger partial charge in [-0.3, -0.25) is 4.79 Å². The average Bonchev–Trinajstić information content (AvgIpc) is 2.26. The SMILES string of the molecule is CSC(CO)C(C)NC(C)C(=O)NCC(F)(F)F. The van der Waals surface area contributed by atoms with Gasteiger partial charge in [-0.15, -0.1) is 0 Å². The molecule has 3 unspecified atom stereocenters. The summed E-state index contributed by atoms with van der Waals surface area (Å²) in [4.78, 5) is 11.4. The Morgan fingerprint density at radius 2 is 1.94 bits per heavy atom. The van der Waals surface area contributed by atoms with E-state index in [1.165, 1.54) is 18.7 Å². The van der Waals surface area contributed by atoms with Crippen molar-refractivity contribution < 1.29 is 23.1 Å². The van der Waals surface area contributed by atoms with Crippen molar-refractivity contribution in [2.24, 2.45) is 0 Å². The lowest BCUT2D eigenvalue weighted by Crippen LogP contribution is -2.50. The molecular weight excluding hydrogens is 269 g/mol. The Morgan fingerprint density at radius 3 is 2.33 bits per heavy atom. The number of carbonyl (C=O) groups excluding carboxylic acids is 1. The van der Waals surface area contributed by atoms with Crippen LogP contribution in [0.1, 0.15) is 13.8 Å². The molecule has 0 spiro atoms. The first kappa shape index (κ1) is 17.5. The quantitative estimate of drug-likeness (QED) is 0.647. The number of aliphatic hydroxyl groups is 1. The molecule has 3 N–H and O–H groups in total. The summed E-state index contributed by atoms with van der Waals surface area (Å²) < 4.78 is 35.7. The third-order valence-electron chi connectivity index (χ3n) is 2.41. The number of thioether (sulfide) groups is 1. The zero-order valence-electron chi connectivity index (χ0n) is 10.5. The van der Waals surface area contributed by atoms with Crippen LogP contribution in [0.4, 0.5) is 13.2 Å². The molecule has 0 aliphatic heterocycles. The number of hydrogen-bond acceptors (Lipinski definition) is 4. The Hall–Kier alpha value is -0.470. The minimum absolute atomic E-state index is 0.0633. The summed E-state index contributed by atoms with van der Waals surface area (Å²) in [6, 6.07) is -0.930. The Morgan fingerprint density at radius 1 is 1.39 bits per heavy atom. The molecule has 0 aromatic carbocycles. The molecule has 0 aromatic rings. The number of carbonyl (C=O) groups is 1. The fourth-order valence-corrected chi connectivity index (χ4v) is 1.99. The second-order valence-electron chi connectivity index (χ2n) is 3.97. The molecule has 8 heteroatoms. The molecule has 0 heterocycles. The van der Waals surface area contributed by atoms with Gasteiger partial charge in [0.05, 0.1) is 12.6 Å². The van der Waals surface area contributed by atoms with Crippen molar-refractivity contribution in [1.29, 1.82) is 0 Å². The summed E-state index contributed by atoms with van der Waals surface area (Å²) in [5, 5.41) is 13.6. The van der Waals surface area contributed by atoms with Crippen molar-refractivity contribution in [1.82, 2.24) is 10.6 Å². The molecule has 18 heavy (non-hydrogen) atoms. The van der Waals surface area contributed by atoms with Crippen LogP contribution in [0.2, 0.25) is 0 Å². The van der Waals surface area contributed by atoms with Crippen LogP contribution in [0.25, 0.3) is 0 Å². The normalized spacial score (nSPS) is 17.1. The van der Waals surface area contributed by atoms with Crippen LogP contribution in [0.5, 0.6) is 0 Å². The fraction of sp³-hybridized carbons (Fsp3) is 0.900. The number of nitrogens with one attached hydrogen (secondary N) is 2. The maximum Gasteiger partial charge on any atom is 0.405 e. The van der Waals surface area contributed by atoms with Crippen LogP contribution in [-0.2, 0) is 4.79 Å². The Balaban J connectivity index is 4.15. The minimum Gasteiger partial charge on any atom is -0.395 e. The number of rotatable bonds is 7. The fourth-order valence-electron chi connectivity index (χ4n) is 1.35. The van der Waals surface area contributed by atoms with Crippen LogP contribution in [-0.4, -0.2) is 53.9 Å². The smallest absolute Gasteiger partial charge is 0.395 e. The Labute approximate surface area is 109 Å². The standard InChI is InChI=1S/C10H19F3N2O2S/c1-6(8(4-16)18-3)15-7(2)9(17)14-5-10(11,12)13/h6-8,15-16H,4-5H2,1-3H3,(H,14,17). The molecule has 0 saturated heterocycles. The maximum atomic E-state index is 11.9. The van der Waals surface area contributed by atoms with Gasteiger partial charge < -0.3 is 15.7 Å². The van der Waals surface area contributed by atoms with Crippen LogP contribution in [0.15, 0.2) is 0 Å². The number of aliphatic hydroxyl groups excluding tert-OH is 1. The summed E-state index contributed by atoms with van der Waals surface area (Å²) in [7, 11) is 0. The van der Waals surface area contributed by atoms with Crippen LogP contribution in [0.3, 0.4) is 0 Å². The molecule has 0 bridgehead atoms. The molecule has 1 amide bonds. The van der Waals surface area contributed by atoms with E-state index in [2.05, 4.69) is 5.32 Å². The molecule has 0 aliphatic carbocycles. The first-order valence-corrected chi connectivity index (χ1v) is 6.74. The van der Waals surface area contributed by atoms with E-state index in [0.717, 1.165) is 0 Å². The molecule has 0 rings (SSSR count). The predicted octanol–water partition coefficient (Wildman–Crippen LogP) is 0.755. The van der Waals surface area contributed by atoms with Crippen molar-refractivity contribution in [3.05, 3.63) is 0 Å². The first-order chi connectivity index (χ1) is 8.21. The van der Waals surface area contributed by atoms with Crippen molar-refractivity contribution in [3.63, 3.8) is 0 Å². The number of amides is 1. The second kappa shape index (κ2) is 7.85. The topological polar surface area (TPSA) is 61.4 Å². The van der Waals surface area contributed by atoms with Crippen molar-refractivity contribution in [3.8, 4) is 0 Å². The lowest BCUT2D eigenvalue weighted by molar-refractivity contribution is -0.139. The van der Waals surface area contributed by atoms with Crippen molar-refractivity contribution in [2.75, 3.05) is 19.4 Å².